The SMILES string of the molecule is COc1cccc(C(=O)N2C3CCC2CC(S(C)(=O)=O)C3)c1OC. The minimum atomic E-state index is -3.07. The Hall–Kier alpha value is -1.76. The van der Waals surface area contributed by atoms with E-state index in [0.717, 1.165) is 12.8 Å². The highest BCUT2D eigenvalue weighted by Gasteiger charge is 2.46. The van der Waals surface area contributed by atoms with Gasteiger partial charge in [-0.1, -0.05) is 6.07 Å². The molecule has 1 amide bonds. The number of hydrogen-bond donors (Lipinski definition) is 0. The van der Waals surface area contributed by atoms with E-state index in [1.807, 2.05) is 4.90 Å². The van der Waals surface area contributed by atoms with Crippen LogP contribution in [0.3, 0.4) is 0 Å². The van der Waals surface area contributed by atoms with Gasteiger partial charge in [-0.3, -0.25) is 4.79 Å². The van der Waals surface area contributed by atoms with Crippen molar-refractivity contribution in [2.75, 3.05) is 20.5 Å². The number of fused-ring (bicyclic) bond motifs is 2. The van der Waals surface area contributed by atoms with E-state index in [1.54, 1.807) is 18.2 Å². The molecule has 2 fully saturated rings. The van der Waals surface area contributed by atoms with Gasteiger partial charge in [0.2, 0.25) is 0 Å². The number of benzene rings is 1. The Morgan fingerprint density at radius 1 is 1.12 bits per heavy atom. The summed E-state index contributed by atoms with van der Waals surface area (Å²) in [6.45, 7) is 0. The summed E-state index contributed by atoms with van der Waals surface area (Å²) in [5, 5.41) is -0.341. The van der Waals surface area contributed by atoms with Gasteiger partial charge in [-0.05, 0) is 37.8 Å². The number of sulfone groups is 1. The molecule has 7 heteroatoms. The van der Waals surface area contributed by atoms with E-state index in [-0.39, 0.29) is 23.2 Å². The molecule has 2 saturated heterocycles. The number of piperidine rings is 1. The van der Waals surface area contributed by atoms with Crippen LogP contribution in [-0.4, -0.2) is 57.0 Å². The minimum absolute atomic E-state index is 0.0214. The van der Waals surface area contributed by atoms with Crippen molar-refractivity contribution in [3.8, 4) is 11.5 Å². The molecule has 6 nitrogen and oxygen atoms in total. The minimum Gasteiger partial charge on any atom is -0.493 e. The van der Waals surface area contributed by atoms with Crippen molar-refractivity contribution < 1.29 is 22.7 Å². The van der Waals surface area contributed by atoms with E-state index >= 15 is 0 Å². The molecule has 0 aromatic heterocycles. The molecule has 2 aliphatic rings. The topological polar surface area (TPSA) is 72.9 Å². The average Bonchev–Trinajstić information content (AvgIpc) is 2.81. The van der Waals surface area contributed by atoms with Crippen LogP contribution in [0.15, 0.2) is 18.2 Å². The van der Waals surface area contributed by atoms with Gasteiger partial charge < -0.3 is 14.4 Å². The molecular formula is C17H23NO5S. The van der Waals surface area contributed by atoms with Crippen LogP contribution in [0.2, 0.25) is 0 Å². The Morgan fingerprint density at radius 3 is 2.25 bits per heavy atom. The van der Waals surface area contributed by atoms with Gasteiger partial charge in [-0.25, -0.2) is 8.42 Å². The maximum atomic E-state index is 13.1. The molecule has 2 atom stereocenters. The summed E-state index contributed by atoms with van der Waals surface area (Å²) in [7, 11) is -0.0235. The van der Waals surface area contributed by atoms with E-state index in [1.165, 1.54) is 20.5 Å². The number of carbonyl (C=O) groups excluding carboxylic acids is 1. The summed E-state index contributed by atoms with van der Waals surface area (Å²) in [4.78, 5) is 15.0. The standard InChI is InChI=1S/C17H23NO5S/c1-22-15-6-4-5-14(16(15)23-2)17(19)18-11-7-8-12(18)10-13(9-11)24(3,20)21/h4-6,11-13H,7-10H2,1-3H3. The molecule has 2 aliphatic heterocycles. The lowest BCUT2D eigenvalue weighted by Crippen LogP contribution is -2.49. The number of ether oxygens (including phenoxy) is 2. The van der Waals surface area contributed by atoms with Gasteiger partial charge >= 0.3 is 0 Å². The quantitative estimate of drug-likeness (QED) is 0.826. The van der Waals surface area contributed by atoms with E-state index in [0.29, 0.717) is 29.9 Å². The normalized spacial score (nSPS) is 26.3. The van der Waals surface area contributed by atoms with Gasteiger partial charge in [0.15, 0.2) is 11.5 Å². The largest absolute Gasteiger partial charge is 0.493 e. The van der Waals surface area contributed by atoms with Crippen LogP contribution in [0, 0.1) is 0 Å². The lowest BCUT2D eigenvalue weighted by Gasteiger charge is -2.38. The van der Waals surface area contributed by atoms with E-state index in [4.69, 9.17) is 9.47 Å². The van der Waals surface area contributed by atoms with Gasteiger partial charge in [-0.15, -0.1) is 0 Å². The molecule has 132 valence electrons. The third kappa shape index (κ3) is 2.85. The van der Waals surface area contributed by atoms with Gasteiger partial charge in [0.1, 0.15) is 9.84 Å². The van der Waals surface area contributed by atoms with Crippen LogP contribution >= 0.6 is 0 Å². The highest BCUT2D eigenvalue weighted by Crippen LogP contribution is 2.41. The molecule has 24 heavy (non-hydrogen) atoms. The zero-order valence-corrected chi connectivity index (χ0v) is 15.0. The fourth-order valence-corrected chi connectivity index (χ4v) is 5.15. The zero-order valence-electron chi connectivity index (χ0n) is 14.2. The van der Waals surface area contributed by atoms with Crippen molar-refractivity contribution in [1.82, 2.24) is 4.90 Å². The predicted molar refractivity (Wildman–Crippen MR) is 90.4 cm³/mol. The van der Waals surface area contributed by atoms with Crippen molar-refractivity contribution in [2.45, 2.75) is 43.0 Å². The second-order valence-corrected chi connectivity index (χ2v) is 8.89. The third-order valence-electron chi connectivity index (χ3n) is 5.16. The first-order chi connectivity index (χ1) is 11.4. The fraction of sp³-hybridized carbons (Fsp3) is 0.588. The van der Waals surface area contributed by atoms with Gasteiger partial charge in [0, 0.05) is 18.3 Å². The lowest BCUT2D eigenvalue weighted by molar-refractivity contribution is 0.0594. The summed E-state index contributed by atoms with van der Waals surface area (Å²) in [5.41, 5.74) is 0.464. The molecule has 3 rings (SSSR count). The van der Waals surface area contributed by atoms with Crippen molar-refractivity contribution in [2.24, 2.45) is 0 Å². The Kier molecular flexibility index (Phi) is 4.46. The molecule has 0 radical (unpaired) electrons. The number of nitrogens with zero attached hydrogens (tertiary/aromatic N) is 1. The van der Waals surface area contributed by atoms with Crippen molar-refractivity contribution in [3.63, 3.8) is 0 Å². The Labute approximate surface area is 142 Å². The predicted octanol–water partition coefficient (Wildman–Crippen LogP) is 1.88. The van der Waals surface area contributed by atoms with Crippen molar-refractivity contribution in [1.29, 1.82) is 0 Å². The maximum Gasteiger partial charge on any atom is 0.258 e. The number of para-hydroxylation sites is 1. The summed E-state index contributed by atoms with van der Waals surface area (Å²) in [6.07, 6.45) is 4.05. The molecular weight excluding hydrogens is 330 g/mol. The van der Waals surface area contributed by atoms with Gasteiger partial charge in [0.05, 0.1) is 25.0 Å². The molecule has 0 N–H and O–H groups in total. The van der Waals surface area contributed by atoms with Crippen LogP contribution in [0.25, 0.3) is 0 Å². The maximum absolute atomic E-state index is 13.1. The average molecular weight is 353 g/mol. The summed E-state index contributed by atoms with van der Waals surface area (Å²) in [6, 6.07) is 5.20. The van der Waals surface area contributed by atoms with E-state index < -0.39 is 9.84 Å². The Bertz CT molecular complexity index is 731. The van der Waals surface area contributed by atoms with Crippen LogP contribution in [0.5, 0.6) is 11.5 Å². The third-order valence-corrected chi connectivity index (χ3v) is 6.76. The molecule has 0 spiro atoms. The van der Waals surface area contributed by atoms with E-state index in [2.05, 4.69) is 0 Å². The first-order valence-electron chi connectivity index (χ1n) is 8.09. The molecule has 1 aromatic carbocycles. The molecule has 2 bridgehead atoms. The van der Waals surface area contributed by atoms with Crippen LogP contribution in [0.4, 0.5) is 0 Å². The summed E-state index contributed by atoms with van der Waals surface area (Å²) >= 11 is 0. The van der Waals surface area contributed by atoms with Crippen LogP contribution in [0.1, 0.15) is 36.0 Å². The number of methoxy groups -OCH3 is 2. The molecule has 2 heterocycles. The first-order valence-corrected chi connectivity index (χ1v) is 10.0. The monoisotopic (exact) mass is 353 g/mol. The smallest absolute Gasteiger partial charge is 0.258 e. The number of hydrogen-bond acceptors (Lipinski definition) is 5. The summed E-state index contributed by atoms with van der Waals surface area (Å²) in [5.74, 6) is 0.835. The number of amides is 1. The Morgan fingerprint density at radius 2 is 1.75 bits per heavy atom. The molecule has 0 aliphatic carbocycles. The van der Waals surface area contributed by atoms with Gasteiger partial charge in [-0.2, -0.15) is 0 Å². The Balaban J connectivity index is 1.90. The van der Waals surface area contributed by atoms with Gasteiger partial charge in [0.25, 0.3) is 5.91 Å². The molecule has 0 saturated carbocycles. The van der Waals surface area contributed by atoms with Crippen LogP contribution in [-0.2, 0) is 9.84 Å². The number of carbonyl (C=O) groups is 1. The second-order valence-electron chi connectivity index (χ2n) is 6.56. The molecule has 2 unspecified atom stereocenters. The van der Waals surface area contributed by atoms with E-state index in [9.17, 15) is 13.2 Å². The van der Waals surface area contributed by atoms with Crippen molar-refractivity contribution >= 4 is 15.7 Å². The number of rotatable bonds is 4. The zero-order chi connectivity index (χ0) is 17.5. The fourth-order valence-electron chi connectivity index (χ4n) is 4.00. The van der Waals surface area contributed by atoms with Crippen LogP contribution < -0.4 is 9.47 Å². The summed E-state index contributed by atoms with van der Waals surface area (Å²) < 4.78 is 34.4. The highest BCUT2D eigenvalue weighted by molar-refractivity contribution is 7.91. The lowest BCUT2D eigenvalue weighted by atomic mass is 10.0. The first kappa shape index (κ1) is 17.1. The highest BCUT2D eigenvalue weighted by atomic mass is 32.2. The van der Waals surface area contributed by atoms with Crippen molar-refractivity contribution in [3.05, 3.63) is 23.8 Å². The second kappa shape index (κ2) is 6.27. The molecule has 1 aromatic rings.